The van der Waals surface area contributed by atoms with Crippen molar-refractivity contribution < 1.29 is 29.3 Å². The predicted molar refractivity (Wildman–Crippen MR) is 72.0 cm³/mol. The maximum absolute atomic E-state index is 10.2. The largest absolute Gasteiger partial charge is 0.481 e. The lowest BCUT2D eigenvalue weighted by molar-refractivity contribution is -0.145. The first kappa shape index (κ1) is 17.4. The van der Waals surface area contributed by atoms with Crippen LogP contribution in [0.5, 0.6) is 0 Å². The van der Waals surface area contributed by atoms with E-state index >= 15 is 0 Å². The normalized spacial score (nSPS) is 9.45. The summed E-state index contributed by atoms with van der Waals surface area (Å²) in [5.41, 5.74) is 0.898. The summed E-state index contributed by atoms with van der Waals surface area (Å²) in [6, 6.07) is 9.31. The summed E-state index contributed by atoms with van der Waals surface area (Å²) < 4.78 is 4.20. The van der Waals surface area contributed by atoms with Crippen LogP contribution in [0.15, 0.2) is 36.4 Å². The van der Waals surface area contributed by atoms with Gasteiger partial charge in [-0.05, 0) is 11.6 Å². The molecular formula is C14H16O6. The highest BCUT2D eigenvalue weighted by Gasteiger charge is 2.02. The number of hydrogen-bond donors (Lipinski definition) is 2. The van der Waals surface area contributed by atoms with Gasteiger partial charge in [-0.2, -0.15) is 0 Å². The number of carbonyl (C=O) groups excluding carboxylic acids is 1. The molecule has 6 heteroatoms. The van der Waals surface area contributed by atoms with E-state index in [9.17, 15) is 14.4 Å². The van der Waals surface area contributed by atoms with Crippen molar-refractivity contribution in [1.82, 2.24) is 0 Å². The minimum atomic E-state index is -0.986. The lowest BCUT2D eigenvalue weighted by atomic mass is 10.2. The van der Waals surface area contributed by atoms with Crippen LogP contribution in [0.2, 0.25) is 0 Å². The van der Waals surface area contributed by atoms with Crippen LogP contribution >= 0.6 is 0 Å². The lowest BCUT2D eigenvalue weighted by Gasteiger charge is -1.92. The SMILES string of the molecule is COC(=O)CCC(=O)O.O=C(O)C=Cc1ccccc1. The zero-order chi connectivity index (χ0) is 15.4. The molecule has 0 aliphatic heterocycles. The Morgan fingerprint density at radius 2 is 1.70 bits per heavy atom. The number of hydrogen-bond acceptors (Lipinski definition) is 4. The number of ether oxygens (including phenoxy) is 1. The van der Waals surface area contributed by atoms with Gasteiger partial charge in [0.15, 0.2) is 0 Å². The van der Waals surface area contributed by atoms with Crippen LogP contribution in [0.1, 0.15) is 18.4 Å². The molecular weight excluding hydrogens is 264 g/mol. The Labute approximate surface area is 116 Å². The Morgan fingerprint density at radius 3 is 2.15 bits per heavy atom. The van der Waals surface area contributed by atoms with Crippen LogP contribution in [0, 0.1) is 0 Å². The average Bonchev–Trinajstić information content (AvgIpc) is 2.44. The number of methoxy groups -OCH3 is 1. The van der Waals surface area contributed by atoms with Crippen molar-refractivity contribution in [3.63, 3.8) is 0 Å². The number of carboxylic acids is 2. The molecule has 6 nitrogen and oxygen atoms in total. The molecule has 1 aromatic rings. The number of benzene rings is 1. The lowest BCUT2D eigenvalue weighted by Crippen LogP contribution is -2.04. The van der Waals surface area contributed by atoms with E-state index in [-0.39, 0.29) is 12.8 Å². The molecule has 1 rings (SSSR count). The summed E-state index contributed by atoms with van der Waals surface area (Å²) >= 11 is 0. The second kappa shape index (κ2) is 10.3. The average molecular weight is 280 g/mol. The third-order valence-corrected chi connectivity index (χ3v) is 1.99. The zero-order valence-electron chi connectivity index (χ0n) is 11.0. The van der Waals surface area contributed by atoms with Gasteiger partial charge in [-0.15, -0.1) is 0 Å². The van der Waals surface area contributed by atoms with Gasteiger partial charge in [0.25, 0.3) is 0 Å². The Morgan fingerprint density at radius 1 is 1.10 bits per heavy atom. The fraction of sp³-hybridized carbons (Fsp3) is 0.214. The summed E-state index contributed by atoms with van der Waals surface area (Å²) in [6.07, 6.45) is 2.47. The Kier molecular flexibility index (Phi) is 8.95. The van der Waals surface area contributed by atoms with Gasteiger partial charge in [-0.25, -0.2) is 4.79 Å². The summed E-state index contributed by atoms with van der Waals surface area (Å²) in [5.74, 6) is -2.40. The van der Waals surface area contributed by atoms with Crippen molar-refractivity contribution in [2.45, 2.75) is 12.8 Å². The molecule has 0 atom stereocenters. The second-order valence-corrected chi connectivity index (χ2v) is 3.55. The molecule has 20 heavy (non-hydrogen) atoms. The van der Waals surface area contributed by atoms with Crippen LogP contribution < -0.4 is 0 Å². The molecule has 0 aliphatic rings. The number of rotatable bonds is 5. The summed E-state index contributed by atoms with van der Waals surface area (Å²) in [5, 5.41) is 16.3. The third-order valence-electron chi connectivity index (χ3n) is 1.99. The fourth-order valence-corrected chi connectivity index (χ4v) is 1.04. The molecule has 0 radical (unpaired) electrons. The molecule has 1 aromatic carbocycles. The van der Waals surface area contributed by atoms with Crippen molar-refractivity contribution in [1.29, 1.82) is 0 Å². The molecule has 0 unspecified atom stereocenters. The molecule has 2 N–H and O–H groups in total. The van der Waals surface area contributed by atoms with Gasteiger partial charge in [-0.3, -0.25) is 9.59 Å². The minimum absolute atomic E-state index is 0.0498. The first-order valence-electron chi connectivity index (χ1n) is 5.70. The van der Waals surface area contributed by atoms with Gasteiger partial charge in [0.2, 0.25) is 0 Å². The molecule has 108 valence electrons. The van der Waals surface area contributed by atoms with Crippen LogP contribution in [-0.2, 0) is 19.1 Å². The van der Waals surface area contributed by atoms with E-state index in [2.05, 4.69) is 4.74 Å². The van der Waals surface area contributed by atoms with Crippen LogP contribution in [0.3, 0.4) is 0 Å². The summed E-state index contributed by atoms with van der Waals surface area (Å²) in [6.45, 7) is 0. The number of aliphatic carboxylic acids is 2. The summed E-state index contributed by atoms with van der Waals surface area (Å²) in [4.78, 5) is 30.1. The topological polar surface area (TPSA) is 101 Å². The summed E-state index contributed by atoms with van der Waals surface area (Å²) in [7, 11) is 1.23. The van der Waals surface area contributed by atoms with Crippen molar-refractivity contribution in [3.05, 3.63) is 42.0 Å². The molecule has 0 heterocycles. The van der Waals surface area contributed by atoms with E-state index in [1.54, 1.807) is 6.08 Å². The fourth-order valence-electron chi connectivity index (χ4n) is 1.04. The molecule has 0 saturated heterocycles. The Bertz CT molecular complexity index is 464. The minimum Gasteiger partial charge on any atom is -0.481 e. The number of esters is 1. The smallest absolute Gasteiger partial charge is 0.328 e. The molecule has 0 saturated carbocycles. The van der Waals surface area contributed by atoms with Crippen molar-refractivity contribution >= 4 is 24.0 Å². The highest BCUT2D eigenvalue weighted by atomic mass is 16.5. The maximum atomic E-state index is 10.2. The van der Waals surface area contributed by atoms with E-state index in [4.69, 9.17) is 10.2 Å². The molecule has 0 aliphatic carbocycles. The van der Waals surface area contributed by atoms with Gasteiger partial charge < -0.3 is 14.9 Å². The monoisotopic (exact) mass is 280 g/mol. The van der Waals surface area contributed by atoms with Crippen molar-refractivity contribution in [2.24, 2.45) is 0 Å². The zero-order valence-corrected chi connectivity index (χ0v) is 11.0. The molecule has 0 amide bonds. The van der Waals surface area contributed by atoms with Gasteiger partial charge in [-0.1, -0.05) is 30.3 Å². The Balaban J connectivity index is 0.000000370. The molecule has 0 bridgehead atoms. The number of carboxylic acid groups (broad SMARTS) is 2. The standard InChI is InChI=1S/C9H8O2.C5H8O4/c10-9(11)7-6-8-4-2-1-3-5-8;1-9-5(8)3-2-4(6)7/h1-7H,(H,10,11);2-3H2,1H3,(H,6,7). The van der Waals surface area contributed by atoms with Gasteiger partial charge in [0.1, 0.15) is 0 Å². The quantitative estimate of drug-likeness (QED) is 0.630. The molecule has 0 fully saturated rings. The van der Waals surface area contributed by atoms with Crippen LogP contribution in [-0.4, -0.2) is 35.2 Å². The van der Waals surface area contributed by atoms with Crippen molar-refractivity contribution in [3.8, 4) is 0 Å². The van der Waals surface area contributed by atoms with E-state index < -0.39 is 17.9 Å². The molecule has 0 aromatic heterocycles. The highest BCUT2D eigenvalue weighted by Crippen LogP contribution is 1.99. The number of carbonyl (C=O) groups is 3. The second-order valence-electron chi connectivity index (χ2n) is 3.55. The first-order valence-corrected chi connectivity index (χ1v) is 5.70. The van der Waals surface area contributed by atoms with Gasteiger partial charge >= 0.3 is 17.9 Å². The van der Waals surface area contributed by atoms with E-state index in [0.29, 0.717) is 0 Å². The van der Waals surface area contributed by atoms with E-state index in [1.165, 1.54) is 7.11 Å². The molecule has 0 spiro atoms. The third kappa shape index (κ3) is 10.5. The van der Waals surface area contributed by atoms with Gasteiger partial charge in [0.05, 0.1) is 20.0 Å². The van der Waals surface area contributed by atoms with Crippen molar-refractivity contribution in [2.75, 3.05) is 7.11 Å². The predicted octanol–water partition coefficient (Wildman–Crippen LogP) is 1.81. The first-order chi connectivity index (χ1) is 9.45. The van der Waals surface area contributed by atoms with E-state index in [0.717, 1.165) is 11.6 Å². The van der Waals surface area contributed by atoms with Crippen LogP contribution in [0.4, 0.5) is 0 Å². The maximum Gasteiger partial charge on any atom is 0.328 e. The Hall–Kier alpha value is -2.63. The van der Waals surface area contributed by atoms with E-state index in [1.807, 2.05) is 30.3 Å². The highest BCUT2D eigenvalue weighted by molar-refractivity contribution is 5.85. The van der Waals surface area contributed by atoms with Crippen LogP contribution in [0.25, 0.3) is 6.08 Å². The van der Waals surface area contributed by atoms with Gasteiger partial charge in [0, 0.05) is 6.08 Å².